The number of benzene rings is 1. The predicted molar refractivity (Wildman–Crippen MR) is 82.2 cm³/mol. The van der Waals surface area contributed by atoms with Crippen molar-refractivity contribution in [1.82, 2.24) is 0 Å². The van der Waals surface area contributed by atoms with Crippen LogP contribution in [-0.4, -0.2) is 21.2 Å². The number of nitrogens with one attached hydrogen (secondary N) is 2. The van der Waals surface area contributed by atoms with Gasteiger partial charge in [-0.3, -0.25) is 4.72 Å². The lowest BCUT2D eigenvalue weighted by Crippen LogP contribution is -2.19. The Bertz CT molecular complexity index is 625. The van der Waals surface area contributed by atoms with E-state index in [2.05, 4.69) is 22.2 Å². The first kappa shape index (κ1) is 13.5. The second kappa shape index (κ2) is 5.13. The highest BCUT2D eigenvalue weighted by atomic mass is 32.2. The van der Waals surface area contributed by atoms with Crippen LogP contribution in [0.1, 0.15) is 12.8 Å². The van der Waals surface area contributed by atoms with Crippen molar-refractivity contribution in [2.24, 2.45) is 17.8 Å². The van der Waals surface area contributed by atoms with Crippen molar-refractivity contribution < 1.29 is 8.42 Å². The molecule has 0 aliphatic heterocycles. The van der Waals surface area contributed by atoms with Crippen LogP contribution in [0.25, 0.3) is 0 Å². The summed E-state index contributed by atoms with van der Waals surface area (Å²) in [5.41, 5.74) is 1.47. The number of rotatable bonds is 5. The van der Waals surface area contributed by atoms with Gasteiger partial charge in [-0.1, -0.05) is 24.3 Å². The van der Waals surface area contributed by atoms with Crippen LogP contribution in [0.4, 0.5) is 11.4 Å². The number of fused-ring (bicyclic) bond motifs is 2. The van der Waals surface area contributed by atoms with Crippen LogP contribution < -0.4 is 10.0 Å². The van der Waals surface area contributed by atoms with E-state index >= 15 is 0 Å². The minimum absolute atomic E-state index is 0.619. The molecule has 3 unspecified atom stereocenters. The first-order valence-electron chi connectivity index (χ1n) is 7.00. The smallest absolute Gasteiger partial charge is 0.229 e. The fourth-order valence-electron chi connectivity index (χ4n) is 3.30. The van der Waals surface area contributed by atoms with Crippen molar-refractivity contribution in [2.75, 3.05) is 22.8 Å². The molecule has 0 saturated heterocycles. The van der Waals surface area contributed by atoms with Crippen LogP contribution in [0, 0.1) is 17.8 Å². The highest BCUT2D eigenvalue weighted by Gasteiger charge is 2.35. The third-order valence-electron chi connectivity index (χ3n) is 4.19. The highest BCUT2D eigenvalue weighted by Crippen LogP contribution is 2.43. The molecule has 2 aliphatic carbocycles. The van der Waals surface area contributed by atoms with Gasteiger partial charge in [-0.2, -0.15) is 0 Å². The van der Waals surface area contributed by atoms with Crippen molar-refractivity contribution in [1.29, 1.82) is 0 Å². The minimum atomic E-state index is -3.25. The molecular weight excluding hydrogens is 272 g/mol. The Morgan fingerprint density at radius 3 is 2.50 bits per heavy atom. The summed E-state index contributed by atoms with van der Waals surface area (Å²) in [4.78, 5) is 0. The number of hydrogen-bond donors (Lipinski definition) is 2. The Labute approximate surface area is 120 Å². The summed E-state index contributed by atoms with van der Waals surface area (Å²) in [6.07, 6.45) is 8.37. The summed E-state index contributed by atoms with van der Waals surface area (Å²) >= 11 is 0. The molecule has 0 aromatic heterocycles. The number of para-hydroxylation sites is 2. The Balaban J connectivity index is 1.67. The second-order valence-electron chi connectivity index (χ2n) is 5.84. The van der Waals surface area contributed by atoms with Crippen LogP contribution in [0.2, 0.25) is 0 Å². The van der Waals surface area contributed by atoms with E-state index in [1.165, 1.54) is 19.1 Å². The van der Waals surface area contributed by atoms with Gasteiger partial charge in [0.1, 0.15) is 0 Å². The largest absolute Gasteiger partial charge is 0.383 e. The topological polar surface area (TPSA) is 58.2 Å². The van der Waals surface area contributed by atoms with Crippen LogP contribution in [-0.2, 0) is 10.0 Å². The molecule has 5 heteroatoms. The first-order valence-corrected chi connectivity index (χ1v) is 8.89. The van der Waals surface area contributed by atoms with E-state index in [-0.39, 0.29) is 0 Å². The second-order valence-corrected chi connectivity index (χ2v) is 7.59. The number of allylic oxidation sites excluding steroid dienone is 2. The summed E-state index contributed by atoms with van der Waals surface area (Å²) in [5, 5.41) is 3.40. The zero-order chi connectivity index (χ0) is 14.2. The van der Waals surface area contributed by atoms with Crippen LogP contribution >= 0.6 is 0 Å². The van der Waals surface area contributed by atoms with Gasteiger partial charge in [0.05, 0.1) is 17.6 Å². The molecule has 0 amide bonds. The SMILES string of the molecule is CS(=O)(=O)Nc1ccccc1NCC1CC2C=CC1C2. The monoisotopic (exact) mass is 292 g/mol. The molecule has 4 nitrogen and oxygen atoms in total. The minimum Gasteiger partial charge on any atom is -0.383 e. The van der Waals surface area contributed by atoms with Crippen LogP contribution in [0.5, 0.6) is 0 Å². The zero-order valence-electron chi connectivity index (χ0n) is 11.5. The molecule has 2 N–H and O–H groups in total. The Morgan fingerprint density at radius 1 is 1.15 bits per heavy atom. The maximum Gasteiger partial charge on any atom is 0.229 e. The number of anilines is 2. The molecule has 2 aliphatic rings. The molecule has 1 aromatic rings. The molecule has 108 valence electrons. The molecule has 0 heterocycles. The van der Waals surface area contributed by atoms with Gasteiger partial charge >= 0.3 is 0 Å². The van der Waals surface area contributed by atoms with E-state index in [9.17, 15) is 8.42 Å². The molecular formula is C15H20N2O2S. The summed E-state index contributed by atoms with van der Waals surface area (Å²) in [7, 11) is -3.25. The number of hydrogen-bond acceptors (Lipinski definition) is 3. The van der Waals surface area contributed by atoms with E-state index < -0.39 is 10.0 Å². The van der Waals surface area contributed by atoms with E-state index in [1.807, 2.05) is 18.2 Å². The summed E-state index contributed by atoms with van der Waals surface area (Å²) < 4.78 is 25.3. The maximum atomic E-state index is 11.4. The van der Waals surface area contributed by atoms with Gasteiger partial charge in [-0.25, -0.2) is 8.42 Å². The van der Waals surface area contributed by atoms with Gasteiger partial charge in [0.25, 0.3) is 0 Å². The molecule has 1 aromatic carbocycles. The lowest BCUT2D eigenvalue weighted by molar-refractivity contribution is 0.472. The molecule has 2 bridgehead atoms. The Kier molecular flexibility index (Phi) is 3.46. The first-order chi connectivity index (χ1) is 9.51. The lowest BCUT2D eigenvalue weighted by Gasteiger charge is -2.20. The van der Waals surface area contributed by atoms with Gasteiger partial charge in [0, 0.05) is 6.54 Å². The average molecular weight is 292 g/mol. The van der Waals surface area contributed by atoms with E-state index in [4.69, 9.17) is 0 Å². The van der Waals surface area contributed by atoms with Crippen molar-refractivity contribution in [3.05, 3.63) is 36.4 Å². The van der Waals surface area contributed by atoms with Gasteiger partial charge in [0.2, 0.25) is 10.0 Å². The quantitative estimate of drug-likeness (QED) is 0.820. The number of sulfonamides is 1. The third-order valence-corrected chi connectivity index (χ3v) is 4.78. The van der Waals surface area contributed by atoms with Crippen molar-refractivity contribution in [2.45, 2.75) is 12.8 Å². The summed E-state index contributed by atoms with van der Waals surface area (Å²) in [5.74, 6) is 2.12. The normalized spacial score (nSPS) is 27.8. The van der Waals surface area contributed by atoms with Crippen LogP contribution in [0.3, 0.4) is 0 Å². The molecule has 3 rings (SSSR count). The van der Waals surface area contributed by atoms with E-state index in [0.717, 1.165) is 18.2 Å². The average Bonchev–Trinajstić information content (AvgIpc) is 2.98. The predicted octanol–water partition coefficient (Wildman–Crippen LogP) is 2.68. The Hall–Kier alpha value is -1.49. The molecule has 0 spiro atoms. The molecule has 1 saturated carbocycles. The van der Waals surface area contributed by atoms with Gasteiger partial charge in [-0.15, -0.1) is 0 Å². The Morgan fingerprint density at radius 2 is 1.90 bits per heavy atom. The zero-order valence-corrected chi connectivity index (χ0v) is 12.4. The van der Waals surface area contributed by atoms with Gasteiger partial charge in [0.15, 0.2) is 0 Å². The lowest BCUT2D eigenvalue weighted by atomic mass is 9.93. The van der Waals surface area contributed by atoms with E-state index in [0.29, 0.717) is 17.5 Å². The van der Waals surface area contributed by atoms with Crippen molar-refractivity contribution >= 4 is 21.4 Å². The highest BCUT2D eigenvalue weighted by molar-refractivity contribution is 7.92. The molecule has 3 atom stereocenters. The summed E-state index contributed by atoms with van der Waals surface area (Å²) in [6.45, 7) is 0.897. The standard InChI is InChI=1S/C15H20N2O2S/c1-20(18,19)17-15-5-3-2-4-14(15)16-10-13-9-11-6-7-12(13)8-11/h2-7,11-13,16-17H,8-10H2,1H3. The summed E-state index contributed by atoms with van der Waals surface area (Å²) in [6, 6.07) is 7.44. The molecule has 1 fully saturated rings. The van der Waals surface area contributed by atoms with Crippen molar-refractivity contribution in [3.8, 4) is 0 Å². The third kappa shape index (κ3) is 2.98. The molecule has 0 radical (unpaired) electrons. The van der Waals surface area contributed by atoms with Crippen LogP contribution in [0.15, 0.2) is 36.4 Å². The van der Waals surface area contributed by atoms with Gasteiger partial charge in [-0.05, 0) is 42.7 Å². The van der Waals surface area contributed by atoms with Gasteiger partial charge < -0.3 is 5.32 Å². The molecule has 20 heavy (non-hydrogen) atoms. The maximum absolute atomic E-state index is 11.4. The van der Waals surface area contributed by atoms with E-state index in [1.54, 1.807) is 6.07 Å². The fourth-order valence-corrected chi connectivity index (χ4v) is 3.87. The van der Waals surface area contributed by atoms with Crippen molar-refractivity contribution in [3.63, 3.8) is 0 Å². The fraction of sp³-hybridized carbons (Fsp3) is 0.467.